The van der Waals surface area contributed by atoms with Crippen LogP contribution in [0.4, 0.5) is 0 Å². The van der Waals surface area contributed by atoms with Gasteiger partial charge in [0.2, 0.25) is 0 Å². The van der Waals surface area contributed by atoms with Crippen LogP contribution >= 0.6 is 15.9 Å². The van der Waals surface area contributed by atoms with E-state index in [2.05, 4.69) is 20.9 Å². The Morgan fingerprint density at radius 1 is 1.44 bits per heavy atom. The Morgan fingerprint density at radius 2 is 2.12 bits per heavy atom. The number of hydrogen-bond donors (Lipinski definition) is 1. The van der Waals surface area contributed by atoms with Gasteiger partial charge in [0.15, 0.2) is 0 Å². The highest BCUT2D eigenvalue weighted by molar-refractivity contribution is 9.10. The van der Waals surface area contributed by atoms with Crippen LogP contribution in [0.1, 0.15) is 18.4 Å². The van der Waals surface area contributed by atoms with Crippen LogP contribution in [0.5, 0.6) is 0 Å². The molecule has 0 saturated heterocycles. The maximum atomic E-state index is 10.9. The van der Waals surface area contributed by atoms with E-state index in [1.807, 2.05) is 30.3 Å². The molecule has 1 atom stereocenters. The van der Waals surface area contributed by atoms with E-state index < -0.39 is 11.9 Å². The Labute approximate surface area is 101 Å². The number of carboxylic acids is 1. The van der Waals surface area contributed by atoms with Gasteiger partial charge in [0.25, 0.3) is 0 Å². The topological polar surface area (TPSA) is 50.2 Å². The average molecular weight is 280 g/mol. The summed E-state index contributed by atoms with van der Waals surface area (Å²) in [4.78, 5) is 15.3. The molecule has 0 aliphatic carbocycles. The zero-order valence-electron chi connectivity index (χ0n) is 8.64. The van der Waals surface area contributed by atoms with Crippen LogP contribution in [0, 0.1) is 0 Å². The van der Waals surface area contributed by atoms with Crippen molar-refractivity contribution in [3.8, 4) is 0 Å². The summed E-state index contributed by atoms with van der Waals surface area (Å²) in [6.07, 6.45) is 0. The van der Waals surface area contributed by atoms with Crippen LogP contribution in [0.3, 0.4) is 0 Å². The summed E-state index contributed by atoms with van der Waals surface area (Å²) >= 11 is 3.31. The number of aliphatic carboxylic acids is 1. The highest BCUT2D eigenvalue weighted by Crippen LogP contribution is 2.27. The van der Waals surface area contributed by atoms with Gasteiger partial charge in [-0.25, -0.2) is 4.98 Å². The van der Waals surface area contributed by atoms with Crippen molar-refractivity contribution >= 4 is 32.8 Å². The predicted octanol–water partition coefficient (Wildman–Crippen LogP) is 3.19. The van der Waals surface area contributed by atoms with Crippen molar-refractivity contribution in [1.82, 2.24) is 4.98 Å². The largest absolute Gasteiger partial charge is 0.481 e. The van der Waals surface area contributed by atoms with Crippen molar-refractivity contribution in [2.75, 3.05) is 0 Å². The molecule has 1 aromatic carbocycles. The molecule has 0 radical (unpaired) electrons. The number of nitrogens with zero attached hydrogens (tertiary/aromatic N) is 1. The number of halogens is 1. The van der Waals surface area contributed by atoms with Crippen molar-refractivity contribution in [2.45, 2.75) is 12.8 Å². The van der Waals surface area contributed by atoms with Gasteiger partial charge in [0.05, 0.1) is 11.4 Å². The van der Waals surface area contributed by atoms with Gasteiger partial charge in [0.1, 0.15) is 4.60 Å². The third-order valence-electron chi connectivity index (χ3n) is 2.54. The van der Waals surface area contributed by atoms with Crippen LogP contribution in [0.15, 0.2) is 34.9 Å². The molecule has 0 fully saturated rings. The highest BCUT2D eigenvalue weighted by atomic mass is 79.9. The third kappa shape index (κ3) is 1.93. The maximum Gasteiger partial charge on any atom is 0.310 e. The van der Waals surface area contributed by atoms with E-state index in [9.17, 15) is 4.79 Å². The van der Waals surface area contributed by atoms with Crippen LogP contribution in [0.25, 0.3) is 10.9 Å². The molecule has 1 unspecified atom stereocenters. The molecule has 0 spiro atoms. The number of rotatable bonds is 2. The zero-order valence-corrected chi connectivity index (χ0v) is 10.2. The number of carbonyl (C=O) groups is 1. The van der Waals surface area contributed by atoms with Crippen LogP contribution in [-0.2, 0) is 4.79 Å². The van der Waals surface area contributed by atoms with E-state index in [-0.39, 0.29) is 0 Å². The lowest BCUT2D eigenvalue weighted by atomic mass is 10.0. The van der Waals surface area contributed by atoms with Gasteiger partial charge in [-0.05, 0) is 40.5 Å². The molecule has 1 heterocycles. The van der Waals surface area contributed by atoms with Gasteiger partial charge in [-0.2, -0.15) is 0 Å². The normalized spacial score (nSPS) is 12.6. The number of para-hydroxylation sites is 1. The molecule has 0 aliphatic rings. The second kappa shape index (κ2) is 4.22. The Balaban J connectivity index is 2.62. The first-order chi connectivity index (χ1) is 7.59. The monoisotopic (exact) mass is 279 g/mol. The Morgan fingerprint density at radius 3 is 2.81 bits per heavy atom. The van der Waals surface area contributed by atoms with E-state index in [4.69, 9.17) is 5.11 Å². The van der Waals surface area contributed by atoms with Crippen molar-refractivity contribution in [3.63, 3.8) is 0 Å². The molecule has 0 saturated carbocycles. The summed E-state index contributed by atoms with van der Waals surface area (Å²) < 4.78 is 0.598. The Bertz CT molecular complexity index is 554. The van der Waals surface area contributed by atoms with E-state index in [0.29, 0.717) is 10.2 Å². The quantitative estimate of drug-likeness (QED) is 0.859. The van der Waals surface area contributed by atoms with Crippen LogP contribution < -0.4 is 0 Å². The summed E-state index contributed by atoms with van der Waals surface area (Å²) in [5.41, 5.74) is 1.56. The summed E-state index contributed by atoms with van der Waals surface area (Å²) in [6, 6.07) is 9.50. The lowest BCUT2D eigenvalue weighted by molar-refractivity contribution is -0.138. The second-order valence-electron chi connectivity index (χ2n) is 3.62. The molecule has 2 rings (SSSR count). The summed E-state index contributed by atoms with van der Waals surface area (Å²) in [7, 11) is 0. The minimum absolute atomic E-state index is 0.563. The fourth-order valence-corrected chi connectivity index (χ4v) is 2.19. The maximum absolute atomic E-state index is 10.9. The standard InChI is InChI=1S/C12H10BrNO2/c1-7(12(15)16)9-6-8-4-2-3-5-10(8)14-11(9)13/h2-7H,1H3,(H,15,16). The van der Waals surface area contributed by atoms with Crippen molar-refractivity contribution in [3.05, 3.63) is 40.5 Å². The molecule has 16 heavy (non-hydrogen) atoms. The number of aromatic nitrogens is 1. The van der Waals surface area contributed by atoms with Gasteiger partial charge in [0, 0.05) is 5.39 Å². The molecule has 1 aromatic heterocycles. The van der Waals surface area contributed by atoms with E-state index in [1.54, 1.807) is 6.92 Å². The van der Waals surface area contributed by atoms with E-state index in [0.717, 1.165) is 10.9 Å². The second-order valence-corrected chi connectivity index (χ2v) is 4.37. The van der Waals surface area contributed by atoms with Crippen LogP contribution in [-0.4, -0.2) is 16.1 Å². The van der Waals surface area contributed by atoms with Crippen LogP contribution in [0.2, 0.25) is 0 Å². The molecule has 3 nitrogen and oxygen atoms in total. The van der Waals surface area contributed by atoms with Gasteiger partial charge in [-0.3, -0.25) is 4.79 Å². The molecule has 0 amide bonds. The molecule has 0 aliphatic heterocycles. The van der Waals surface area contributed by atoms with E-state index in [1.165, 1.54) is 0 Å². The smallest absolute Gasteiger partial charge is 0.310 e. The van der Waals surface area contributed by atoms with Gasteiger partial charge in [-0.15, -0.1) is 0 Å². The minimum atomic E-state index is -0.849. The van der Waals surface area contributed by atoms with Crippen molar-refractivity contribution in [2.24, 2.45) is 0 Å². The molecule has 2 aromatic rings. The fraction of sp³-hybridized carbons (Fsp3) is 0.167. The molecular weight excluding hydrogens is 270 g/mol. The van der Waals surface area contributed by atoms with Crippen molar-refractivity contribution in [1.29, 1.82) is 0 Å². The number of fused-ring (bicyclic) bond motifs is 1. The Kier molecular flexibility index (Phi) is 2.92. The van der Waals surface area contributed by atoms with Gasteiger partial charge >= 0.3 is 5.97 Å². The van der Waals surface area contributed by atoms with Crippen molar-refractivity contribution < 1.29 is 9.90 Å². The third-order valence-corrected chi connectivity index (χ3v) is 3.18. The Hall–Kier alpha value is -1.42. The first-order valence-electron chi connectivity index (χ1n) is 4.87. The summed E-state index contributed by atoms with van der Waals surface area (Å²) in [5, 5.41) is 9.94. The summed E-state index contributed by atoms with van der Waals surface area (Å²) in [5.74, 6) is -1.41. The lowest BCUT2D eigenvalue weighted by Crippen LogP contribution is -2.08. The number of pyridine rings is 1. The first-order valence-corrected chi connectivity index (χ1v) is 5.67. The zero-order chi connectivity index (χ0) is 11.7. The number of carboxylic acid groups (broad SMARTS) is 1. The average Bonchev–Trinajstić information content (AvgIpc) is 2.27. The number of benzene rings is 1. The molecule has 4 heteroatoms. The lowest BCUT2D eigenvalue weighted by Gasteiger charge is -2.09. The van der Waals surface area contributed by atoms with E-state index >= 15 is 0 Å². The highest BCUT2D eigenvalue weighted by Gasteiger charge is 2.17. The SMILES string of the molecule is CC(C(=O)O)c1cc2ccccc2nc1Br. The summed E-state index contributed by atoms with van der Waals surface area (Å²) in [6.45, 7) is 1.65. The molecular formula is C12H10BrNO2. The van der Waals surface area contributed by atoms with Gasteiger partial charge < -0.3 is 5.11 Å². The van der Waals surface area contributed by atoms with Gasteiger partial charge in [-0.1, -0.05) is 18.2 Å². The molecule has 1 N–H and O–H groups in total. The minimum Gasteiger partial charge on any atom is -0.481 e. The molecule has 0 bridgehead atoms. The molecule has 82 valence electrons. The first kappa shape index (κ1) is 11.1. The predicted molar refractivity (Wildman–Crippen MR) is 65.5 cm³/mol. The fourth-order valence-electron chi connectivity index (χ4n) is 1.55. The number of hydrogen-bond acceptors (Lipinski definition) is 2.